The van der Waals surface area contributed by atoms with Gasteiger partial charge >= 0.3 is 5.69 Å². The van der Waals surface area contributed by atoms with Crippen molar-refractivity contribution in [3.63, 3.8) is 0 Å². The van der Waals surface area contributed by atoms with Gasteiger partial charge in [-0.1, -0.05) is 41.4 Å². The average molecular weight is 446 g/mol. The minimum absolute atomic E-state index is 0.0108. The first-order chi connectivity index (χ1) is 14.3. The van der Waals surface area contributed by atoms with Crippen molar-refractivity contribution >= 4 is 46.5 Å². The first-order valence-electron chi connectivity index (χ1n) is 8.45. The first kappa shape index (κ1) is 21.2. The number of aliphatic imine (C=N–C) groups is 1. The first-order valence-corrected chi connectivity index (χ1v) is 9.21. The molecule has 0 heterocycles. The van der Waals surface area contributed by atoms with E-state index in [1.165, 1.54) is 0 Å². The second-order valence-electron chi connectivity index (χ2n) is 6.13. The van der Waals surface area contributed by atoms with Crippen molar-refractivity contribution in [1.82, 2.24) is 0 Å². The summed E-state index contributed by atoms with van der Waals surface area (Å²) in [6.45, 7) is 1.93. The van der Waals surface area contributed by atoms with E-state index in [0.29, 0.717) is 5.56 Å². The molecule has 3 aromatic rings. The molecular weight excluding hydrogens is 433 g/mol. The van der Waals surface area contributed by atoms with Crippen LogP contribution in [0.1, 0.15) is 11.1 Å². The van der Waals surface area contributed by atoms with Crippen LogP contribution in [0.2, 0.25) is 10.0 Å². The SMILES string of the molecule is Cc1ccccc1N=Cc1cc(Cl)c(Oc2ccc([N+](=O)[O-])cc2[N+](=O)[O-])c(Cl)c1. The molecule has 0 saturated heterocycles. The Morgan fingerprint density at radius 2 is 1.63 bits per heavy atom. The number of benzene rings is 3. The van der Waals surface area contributed by atoms with Crippen LogP contribution in [-0.4, -0.2) is 16.1 Å². The Morgan fingerprint density at radius 3 is 2.23 bits per heavy atom. The van der Waals surface area contributed by atoms with Gasteiger partial charge in [0.1, 0.15) is 0 Å². The van der Waals surface area contributed by atoms with E-state index in [4.69, 9.17) is 27.9 Å². The molecule has 10 heteroatoms. The van der Waals surface area contributed by atoms with Gasteiger partial charge in [0.15, 0.2) is 5.75 Å². The lowest BCUT2D eigenvalue weighted by molar-refractivity contribution is -0.394. The summed E-state index contributed by atoms with van der Waals surface area (Å²) >= 11 is 12.5. The number of para-hydroxylation sites is 1. The molecule has 30 heavy (non-hydrogen) atoms. The lowest BCUT2D eigenvalue weighted by Gasteiger charge is -2.10. The number of aryl methyl sites for hydroxylation is 1. The standard InChI is InChI=1S/C20H13Cl2N3O5/c1-12-4-2-3-5-17(12)23-11-13-8-15(21)20(16(22)9-13)30-19-7-6-14(24(26)27)10-18(19)25(28)29/h2-11H,1H3. The Balaban J connectivity index is 1.92. The van der Waals surface area contributed by atoms with Crippen molar-refractivity contribution < 1.29 is 14.6 Å². The van der Waals surface area contributed by atoms with Crippen LogP contribution >= 0.6 is 23.2 Å². The van der Waals surface area contributed by atoms with Gasteiger partial charge in [-0.3, -0.25) is 25.2 Å². The predicted octanol–water partition coefficient (Wildman–Crippen LogP) is 6.66. The second-order valence-corrected chi connectivity index (χ2v) is 6.94. The predicted molar refractivity (Wildman–Crippen MR) is 115 cm³/mol. The Morgan fingerprint density at radius 1 is 0.967 bits per heavy atom. The highest BCUT2D eigenvalue weighted by Crippen LogP contribution is 2.41. The van der Waals surface area contributed by atoms with Gasteiger partial charge < -0.3 is 4.74 Å². The third-order valence-corrected chi connectivity index (χ3v) is 4.61. The Bertz CT molecular complexity index is 1160. The number of nitrogens with zero attached hydrogens (tertiary/aromatic N) is 3. The summed E-state index contributed by atoms with van der Waals surface area (Å²) in [5.74, 6) is -0.237. The molecule has 0 aliphatic heterocycles. The lowest BCUT2D eigenvalue weighted by atomic mass is 10.2. The summed E-state index contributed by atoms with van der Waals surface area (Å²) in [5.41, 5.74) is 1.36. The monoisotopic (exact) mass is 445 g/mol. The van der Waals surface area contributed by atoms with E-state index in [1.807, 2.05) is 31.2 Å². The molecule has 0 unspecified atom stereocenters. The molecule has 3 aromatic carbocycles. The molecule has 8 nitrogen and oxygen atoms in total. The van der Waals surface area contributed by atoms with Gasteiger partial charge in [0.2, 0.25) is 5.75 Å². The van der Waals surface area contributed by atoms with Gasteiger partial charge in [0, 0.05) is 12.3 Å². The highest BCUT2D eigenvalue weighted by atomic mass is 35.5. The van der Waals surface area contributed by atoms with Crippen molar-refractivity contribution in [2.75, 3.05) is 0 Å². The molecule has 3 rings (SSSR count). The van der Waals surface area contributed by atoms with Crippen LogP contribution in [-0.2, 0) is 0 Å². The van der Waals surface area contributed by atoms with Gasteiger partial charge in [-0.15, -0.1) is 0 Å². The summed E-state index contributed by atoms with van der Waals surface area (Å²) in [4.78, 5) is 25.0. The fraction of sp³-hybridized carbons (Fsp3) is 0.0500. The largest absolute Gasteiger partial charge is 0.447 e. The Kier molecular flexibility index (Phi) is 6.29. The molecule has 0 bridgehead atoms. The summed E-state index contributed by atoms with van der Waals surface area (Å²) in [7, 11) is 0. The summed E-state index contributed by atoms with van der Waals surface area (Å²) in [6.07, 6.45) is 1.58. The molecule has 0 aromatic heterocycles. The smallest absolute Gasteiger partial charge is 0.318 e. The van der Waals surface area contributed by atoms with Crippen molar-refractivity contribution in [3.05, 3.63) is 96.0 Å². The maximum absolute atomic E-state index is 11.3. The van der Waals surface area contributed by atoms with Crippen LogP contribution in [0.4, 0.5) is 17.1 Å². The number of nitro groups is 2. The Hall–Kier alpha value is -3.49. The van der Waals surface area contributed by atoms with E-state index in [2.05, 4.69) is 4.99 Å². The quantitative estimate of drug-likeness (QED) is 0.239. The van der Waals surface area contributed by atoms with Gasteiger partial charge in [0.25, 0.3) is 5.69 Å². The number of hydrogen-bond donors (Lipinski definition) is 0. The second kappa shape index (κ2) is 8.89. The van der Waals surface area contributed by atoms with Gasteiger partial charge in [-0.05, 0) is 42.3 Å². The van der Waals surface area contributed by atoms with Crippen LogP contribution in [0.3, 0.4) is 0 Å². The summed E-state index contributed by atoms with van der Waals surface area (Å²) < 4.78 is 5.53. The zero-order valence-electron chi connectivity index (χ0n) is 15.4. The van der Waals surface area contributed by atoms with E-state index in [-0.39, 0.29) is 21.5 Å². The third-order valence-electron chi connectivity index (χ3n) is 4.05. The summed E-state index contributed by atoms with van der Waals surface area (Å²) in [6, 6.07) is 13.7. The minimum Gasteiger partial charge on any atom is -0.447 e. The molecular formula is C20H13Cl2N3O5. The van der Waals surface area contributed by atoms with Crippen LogP contribution in [0.5, 0.6) is 11.5 Å². The average Bonchev–Trinajstić information content (AvgIpc) is 2.70. The number of halogens is 2. The number of non-ortho nitro benzene ring substituents is 1. The number of ether oxygens (including phenoxy) is 1. The van der Waals surface area contributed by atoms with Crippen molar-refractivity contribution in [2.45, 2.75) is 6.92 Å². The lowest BCUT2D eigenvalue weighted by Crippen LogP contribution is -1.97. The minimum atomic E-state index is -0.784. The van der Waals surface area contributed by atoms with E-state index in [1.54, 1.807) is 18.3 Å². The number of rotatable bonds is 6. The molecule has 0 N–H and O–H groups in total. The number of nitro benzene ring substituents is 2. The maximum Gasteiger partial charge on any atom is 0.318 e. The molecule has 0 fully saturated rings. The van der Waals surface area contributed by atoms with Crippen LogP contribution in [0, 0.1) is 27.2 Å². The van der Waals surface area contributed by atoms with Crippen molar-refractivity contribution in [1.29, 1.82) is 0 Å². The van der Waals surface area contributed by atoms with Crippen LogP contribution in [0.15, 0.2) is 59.6 Å². The van der Waals surface area contributed by atoms with Crippen LogP contribution in [0.25, 0.3) is 0 Å². The zero-order valence-corrected chi connectivity index (χ0v) is 16.9. The van der Waals surface area contributed by atoms with Crippen LogP contribution < -0.4 is 4.74 Å². The number of hydrogen-bond acceptors (Lipinski definition) is 6. The molecule has 0 aliphatic carbocycles. The van der Waals surface area contributed by atoms with E-state index >= 15 is 0 Å². The van der Waals surface area contributed by atoms with Gasteiger partial charge in [-0.25, -0.2) is 0 Å². The molecule has 0 spiro atoms. The van der Waals surface area contributed by atoms with E-state index < -0.39 is 21.2 Å². The highest BCUT2D eigenvalue weighted by molar-refractivity contribution is 6.37. The molecule has 0 radical (unpaired) electrons. The fourth-order valence-electron chi connectivity index (χ4n) is 2.56. The highest BCUT2D eigenvalue weighted by Gasteiger charge is 2.23. The topological polar surface area (TPSA) is 108 Å². The van der Waals surface area contributed by atoms with Crippen molar-refractivity contribution in [3.8, 4) is 11.5 Å². The van der Waals surface area contributed by atoms with Gasteiger partial charge in [-0.2, -0.15) is 0 Å². The normalized spacial score (nSPS) is 10.9. The maximum atomic E-state index is 11.3. The summed E-state index contributed by atoms with van der Waals surface area (Å²) in [5, 5.41) is 22.3. The zero-order chi connectivity index (χ0) is 21.8. The van der Waals surface area contributed by atoms with Gasteiger partial charge in [0.05, 0.1) is 31.6 Å². The Labute approximate surface area is 180 Å². The van der Waals surface area contributed by atoms with Crippen molar-refractivity contribution in [2.24, 2.45) is 4.99 Å². The molecule has 0 atom stereocenters. The fourth-order valence-corrected chi connectivity index (χ4v) is 3.14. The third kappa shape index (κ3) is 4.73. The molecule has 0 saturated carbocycles. The molecule has 152 valence electrons. The molecule has 0 aliphatic rings. The van der Waals surface area contributed by atoms with E-state index in [0.717, 1.165) is 29.4 Å². The van der Waals surface area contributed by atoms with E-state index in [9.17, 15) is 20.2 Å². The molecule has 0 amide bonds.